The monoisotopic (exact) mass is 663 g/mol. The van der Waals surface area contributed by atoms with Gasteiger partial charge in [0, 0.05) is 22.9 Å². The average Bonchev–Trinajstić information content (AvgIpc) is 3.05. The first kappa shape index (κ1) is 35.4. The van der Waals surface area contributed by atoms with Crippen molar-refractivity contribution in [2.75, 3.05) is 19.0 Å². The van der Waals surface area contributed by atoms with Gasteiger partial charge in [0.05, 0.1) is 19.3 Å². The van der Waals surface area contributed by atoms with E-state index in [4.69, 9.17) is 53.5 Å². The summed E-state index contributed by atoms with van der Waals surface area (Å²) < 4.78 is 21.7. The zero-order valence-electron chi connectivity index (χ0n) is 23.3. The molecule has 2 rings (SSSR count). The summed E-state index contributed by atoms with van der Waals surface area (Å²) in [6, 6.07) is -0.915. The highest BCUT2D eigenvalue weighted by Crippen LogP contribution is 2.49. The van der Waals surface area contributed by atoms with Gasteiger partial charge >= 0.3 is 11.7 Å². The summed E-state index contributed by atoms with van der Waals surface area (Å²) in [5.74, 6) is -0.310. The Bertz CT molecular complexity index is 1240. The summed E-state index contributed by atoms with van der Waals surface area (Å²) in [6.45, 7) is 7.99. The van der Waals surface area contributed by atoms with Gasteiger partial charge in [-0.2, -0.15) is 0 Å². The van der Waals surface area contributed by atoms with Crippen molar-refractivity contribution < 1.29 is 33.2 Å². The van der Waals surface area contributed by atoms with Gasteiger partial charge in [-0.25, -0.2) is 9.88 Å². The van der Waals surface area contributed by atoms with Crippen molar-refractivity contribution in [3.05, 3.63) is 32.6 Å². The van der Waals surface area contributed by atoms with Crippen LogP contribution in [0.3, 0.4) is 0 Å². The minimum atomic E-state index is -3.45. The van der Waals surface area contributed by atoms with Crippen LogP contribution in [0.5, 0.6) is 0 Å². The van der Waals surface area contributed by atoms with Gasteiger partial charge in [0.15, 0.2) is 15.7 Å². The molecule has 1 aliphatic heterocycles. The molecule has 17 heteroatoms. The second kappa shape index (κ2) is 14.1. The number of hydrogen-bond acceptors (Lipinski definition) is 11. The molecule has 1 aromatic rings. The molecule has 1 saturated heterocycles. The van der Waals surface area contributed by atoms with Crippen molar-refractivity contribution in [1.29, 1.82) is 0 Å². The number of ether oxygens (including phenoxy) is 2. The van der Waals surface area contributed by atoms with Crippen molar-refractivity contribution in [3.8, 4) is 0 Å². The molecule has 12 nitrogen and oxygen atoms in total. The number of alkyl halides is 2. The maximum absolute atomic E-state index is 12.4. The molecule has 0 radical (unpaired) electrons. The van der Waals surface area contributed by atoms with E-state index in [-0.39, 0.29) is 35.7 Å². The number of thioether (sulfide) groups is 1. The number of rotatable bonds is 12. The third-order valence-electron chi connectivity index (χ3n) is 5.43. The molecular weight excluding hydrogens is 628 g/mol. The zero-order chi connectivity index (χ0) is 30.6. The van der Waals surface area contributed by atoms with Crippen LogP contribution in [0.15, 0.2) is 15.8 Å². The van der Waals surface area contributed by atoms with Crippen LogP contribution in [-0.2, 0) is 39.9 Å². The summed E-state index contributed by atoms with van der Waals surface area (Å²) in [5.41, 5.74) is -1.77. The summed E-state index contributed by atoms with van der Waals surface area (Å²) in [7, 11) is 0. The lowest BCUT2D eigenvalue weighted by molar-refractivity contribution is -0.149. The van der Waals surface area contributed by atoms with E-state index < -0.39 is 58.1 Å². The highest BCUT2D eigenvalue weighted by molar-refractivity contribution is 8.13. The molecule has 0 amide bonds. The lowest BCUT2D eigenvalue weighted by atomic mass is 10.00. The highest BCUT2D eigenvalue weighted by atomic mass is 35.5. The molecule has 1 aromatic heterocycles. The van der Waals surface area contributed by atoms with Crippen LogP contribution in [0.25, 0.3) is 0 Å². The molecule has 0 aliphatic carbocycles. The Morgan fingerprint density at radius 1 is 1.30 bits per heavy atom. The van der Waals surface area contributed by atoms with Crippen LogP contribution < -0.4 is 16.3 Å². The minimum absolute atomic E-state index is 0.0143. The van der Waals surface area contributed by atoms with Gasteiger partial charge in [-0.05, 0) is 39.5 Å². The molecule has 228 valence electrons. The Morgan fingerprint density at radius 3 is 2.50 bits per heavy atom. The SMILES string of the molecule is Cc1cn([C@@H]2O[C@H](CO[P@](=S)(N[C@H](C)C(=O)OC(C)C)OCCSC(=O)C(C)(C)C)[C@@H](O)C2(Cl)Cl)c(=O)[nH]c1=O. The third-order valence-corrected chi connectivity index (χ3v) is 10.2. The van der Waals surface area contributed by atoms with E-state index in [9.17, 15) is 24.3 Å². The van der Waals surface area contributed by atoms with Gasteiger partial charge in [0.2, 0.25) is 0 Å². The Labute approximate surface area is 252 Å². The van der Waals surface area contributed by atoms with E-state index in [1.54, 1.807) is 34.6 Å². The molecule has 1 aliphatic rings. The number of hydrogen-bond donors (Lipinski definition) is 3. The Morgan fingerprint density at radius 2 is 1.93 bits per heavy atom. The van der Waals surface area contributed by atoms with E-state index in [0.29, 0.717) is 0 Å². The number of nitrogens with one attached hydrogen (secondary N) is 2. The Kier molecular flexibility index (Phi) is 12.5. The molecular formula is C23H36Cl2N3O9PS2. The van der Waals surface area contributed by atoms with Crippen LogP contribution in [0, 0.1) is 12.3 Å². The van der Waals surface area contributed by atoms with Crippen LogP contribution in [0.2, 0.25) is 0 Å². The number of aliphatic hydroxyl groups is 1. The number of halogens is 2. The van der Waals surface area contributed by atoms with E-state index in [0.717, 1.165) is 16.3 Å². The Hall–Kier alpha value is -0.800. The largest absolute Gasteiger partial charge is 0.462 e. The molecule has 0 saturated carbocycles. The number of carbonyl (C=O) groups is 2. The van der Waals surface area contributed by atoms with Gasteiger partial charge in [0.25, 0.3) is 12.2 Å². The molecule has 0 unspecified atom stereocenters. The zero-order valence-corrected chi connectivity index (χ0v) is 27.3. The smallest absolute Gasteiger partial charge is 0.330 e. The lowest BCUT2D eigenvalue weighted by Gasteiger charge is -2.28. The summed E-state index contributed by atoms with van der Waals surface area (Å²) in [4.78, 5) is 51.0. The lowest BCUT2D eigenvalue weighted by Crippen LogP contribution is -2.42. The fraction of sp³-hybridized carbons (Fsp3) is 0.739. The van der Waals surface area contributed by atoms with Gasteiger partial charge in [-0.3, -0.25) is 23.9 Å². The number of aromatic amines is 1. The summed E-state index contributed by atoms with van der Waals surface area (Å²) in [5, 5.41) is 13.7. The maximum atomic E-state index is 12.4. The summed E-state index contributed by atoms with van der Waals surface area (Å²) in [6.07, 6.45) is -3.26. The first-order chi connectivity index (χ1) is 18.3. The fourth-order valence-corrected chi connectivity index (χ4v) is 7.14. The predicted octanol–water partition coefficient (Wildman–Crippen LogP) is 2.77. The number of aromatic nitrogens is 2. The van der Waals surface area contributed by atoms with Gasteiger partial charge in [-0.1, -0.05) is 55.7 Å². The molecule has 5 atom stereocenters. The van der Waals surface area contributed by atoms with Crippen molar-refractivity contribution in [3.63, 3.8) is 0 Å². The average molecular weight is 665 g/mol. The number of aliphatic hydroxyl groups excluding tert-OH is 1. The number of carbonyl (C=O) groups excluding carboxylic acids is 2. The number of aryl methyl sites for hydroxylation is 1. The molecule has 0 aromatic carbocycles. The fourth-order valence-electron chi connectivity index (χ4n) is 3.28. The van der Waals surface area contributed by atoms with Crippen LogP contribution in [0.4, 0.5) is 0 Å². The van der Waals surface area contributed by atoms with Crippen molar-refractivity contribution in [2.45, 2.75) is 83.4 Å². The van der Waals surface area contributed by atoms with Gasteiger partial charge in [0.1, 0.15) is 18.2 Å². The van der Waals surface area contributed by atoms with Crippen molar-refractivity contribution in [1.82, 2.24) is 14.6 Å². The number of H-pyrrole nitrogens is 1. The van der Waals surface area contributed by atoms with Gasteiger partial charge in [-0.15, -0.1) is 0 Å². The van der Waals surface area contributed by atoms with Crippen molar-refractivity contribution >= 4 is 64.5 Å². The second-order valence-electron chi connectivity index (χ2n) is 10.5. The molecule has 1 fully saturated rings. The standard InChI is InChI=1S/C23H36Cl2N3O9PS2/c1-12(2)36-18(31)14(4)27-38(39,34-8-9-40-20(32)22(5,6)7)35-11-15-16(29)23(24,25)19(37-15)28-10-13(3)17(30)26-21(28)33/h10,12,14-16,19,29H,8-9,11H2,1-7H3,(H,27,39)(H,26,30,33)/t14-,15-,16-,19-,38+/m1/s1. The molecule has 3 N–H and O–H groups in total. The third kappa shape index (κ3) is 9.35. The predicted molar refractivity (Wildman–Crippen MR) is 157 cm³/mol. The number of esters is 1. The normalized spacial score (nSPS) is 23.1. The van der Waals surface area contributed by atoms with Crippen molar-refractivity contribution in [2.24, 2.45) is 5.41 Å². The first-order valence-electron chi connectivity index (χ1n) is 12.4. The van der Waals surface area contributed by atoms with E-state index >= 15 is 0 Å². The van der Waals surface area contributed by atoms with Crippen LogP contribution >= 0.6 is 41.6 Å². The first-order valence-corrected chi connectivity index (χ1v) is 16.7. The second-order valence-corrected chi connectivity index (χ2v) is 16.2. The van der Waals surface area contributed by atoms with E-state index in [1.807, 2.05) is 0 Å². The Balaban J connectivity index is 2.19. The quantitative estimate of drug-likeness (QED) is 0.130. The maximum Gasteiger partial charge on any atom is 0.330 e. The van der Waals surface area contributed by atoms with Crippen LogP contribution in [-0.4, -0.2) is 73.4 Å². The van der Waals surface area contributed by atoms with Gasteiger partial charge < -0.3 is 23.6 Å². The van der Waals surface area contributed by atoms with Crippen LogP contribution in [0.1, 0.15) is 53.3 Å². The highest BCUT2D eigenvalue weighted by Gasteiger charge is 2.56. The topological polar surface area (TPSA) is 158 Å². The minimum Gasteiger partial charge on any atom is -0.462 e. The summed E-state index contributed by atoms with van der Waals surface area (Å²) >= 11 is 19.5. The van der Waals surface area contributed by atoms with E-state index in [2.05, 4.69) is 10.1 Å². The van der Waals surface area contributed by atoms with E-state index in [1.165, 1.54) is 20.0 Å². The molecule has 2 heterocycles. The molecule has 40 heavy (non-hydrogen) atoms. The molecule has 0 spiro atoms. The molecule has 0 bridgehead atoms. The number of nitrogens with zero attached hydrogens (tertiary/aromatic N) is 1.